The van der Waals surface area contributed by atoms with Crippen molar-refractivity contribution in [3.63, 3.8) is 0 Å². The van der Waals surface area contributed by atoms with Gasteiger partial charge in [-0.15, -0.1) is 0 Å². The van der Waals surface area contributed by atoms with Crippen LogP contribution in [0, 0.1) is 5.92 Å². The molecule has 2 aromatic carbocycles. The fourth-order valence-electron chi connectivity index (χ4n) is 4.09. The summed E-state index contributed by atoms with van der Waals surface area (Å²) in [5.74, 6) is 2.76. The number of ether oxygens (including phenoxy) is 3. The van der Waals surface area contributed by atoms with Gasteiger partial charge in [-0.05, 0) is 62.2 Å². The SMILES string of the molecule is COc1ccc(CCNC(=O)C2CCN(CC3COc4ccccc4O3)CC2)cc1. The summed E-state index contributed by atoms with van der Waals surface area (Å²) in [6.07, 6.45) is 2.64. The van der Waals surface area contributed by atoms with E-state index in [2.05, 4.69) is 10.2 Å². The number of amides is 1. The van der Waals surface area contributed by atoms with Gasteiger partial charge in [-0.25, -0.2) is 0 Å². The summed E-state index contributed by atoms with van der Waals surface area (Å²) in [6.45, 7) is 3.90. The van der Waals surface area contributed by atoms with E-state index in [1.165, 1.54) is 5.56 Å². The van der Waals surface area contributed by atoms with E-state index >= 15 is 0 Å². The standard InChI is InChI=1S/C24H30N2O4/c1-28-20-8-6-18(7-9-20)10-13-25-24(27)19-11-14-26(15-12-19)16-21-17-29-22-4-2-3-5-23(22)30-21/h2-9,19,21H,10-17H2,1H3,(H,25,27). The molecule has 6 nitrogen and oxygen atoms in total. The predicted molar refractivity (Wildman–Crippen MR) is 115 cm³/mol. The average molecular weight is 411 g/mol. The molecule has 160 valence electrons. The van der Waals surface area contributed by atoms with Gasteiger partial charge in [0.25, 0.3) is 0 Å². The fraction of sp³-hybridized carbons (Fsp3) is 0.458. The molecule has 1 N–H and O–H groups in total. The van der Waals surface area contributed by atoms with Gasteiger partial charge in [-0.1, -0.05) is 24.3 Å². The van der Waals surface area contributed by atoms with Crippen molar-refractivity contribution < 1.29 is 19.0 Å². The highest BCUT2D eigenvalue weighted by Gasteiger charge is 2.28. The maximum atomic E-state index is 12.5. The van der Waals surface area contributed by atoms with E-state index in [9.17, 15) is 4.79 Å². The number of piperidine rings is 1. The van der Waals surface area contributed by atoms with Crippen LogP contribution < -0.4 is 19.5 Å². The highest BCUT2D eigenvalue weighted by Crippen LogP contribution is 2.31. The van der Waals surface area contributed by atoms with Crippen molar-refractivity contribution in [3.05, 3.63) is 54.1 Å². The Hall–Kier alpha value is -2.73. The first-order valence-electron chi connectivity index (χ1n) is 10.7. The van der Waals surface area contributed by atoms with Gasteiger partial charge >= 0.3 is 0 Å². The molecule has 1 unspecified atom stereocenters. The van der Waals surface area contributed by atoms with Crippen LogP contribution in [0.2, 0.25) is 0 Å². The second-order valence-corrected chi connectivity index (χ2v) is 7.96. The molecule has 0 spiro atoms. The van der Waals surface area contributed by atoms with Crippen LogP contribution in [-0.2, 0) is 11.2 Å². The Morgan fingerprint density at radius 3 is 2.57 bits per heavy atom. The summed E-state index contributed by atoms with van der Waals surface area (Å²) in [5, 5.41) is 3.10. The van der Waals surface area contributed by atoms with E-state index in [1.807, 2.05) is 48.5 Å². The first-order chi connectivity index (χ1) is 14.7. The van der Waals surface area contributed by atoms with Crippen molar-refractivity contribution >= 4 is 5.91 Å². The minimum atomic E-state index is 0.0368. The number of carbonyl (C=O) groups excluding carboxylic acids is 1. The van der Waals surface area contributed by atoms with Crippen LogP contribution in [-0.4, -0.2) is 56.8 Å². The molecule has 0 aliphatic carbocycles. The first-order valence-corrected chi connectivity index (χ1v) is 10.7. The maximum Gasteiger partial charge on any atom is 0.223 e. The molecule has 2 heterocycles. The second kappa shape index (κ2) is 9.85. The van der Waals surface area contributed by atoms with Gasteiger partial charge in [0.15, 0.2) is 11.5 Å². The number of benzene rings is 2. The van der Waals surface area contributed by atoms with Crippen LogP contribution >= 0.6 is 0 Å². The minimum absolute atomic E-state index is 0.0368. The van der Waals surface area contributed by atoms with E-state index in [0.29, 0.717) is 13.2 Å². The molecule has 0 aromatic heterocycles. The van der Waals surface area contributed by atoms with E-state index in [1.54, 1.807) is 7.11 Å². The molecule has 1 amide bonds. The molecule has 0 radical (unpaired) electrons. The van der Waals surface area contributed by atoms with Gasteiger partial charge in [0.1, 0.15) is 18.5 Å². The van der Waals surface area contributed by atoms with Gasteiger partial charge in [-0.3, -0.25) is 9.69 Å². The van der Waals surface area contributed by atoms with Crippen molar-refractivity contribution in [1.82, 2.24) is 10.2 Å². The fourth-order valence-corrected chi connectivity index (χ4v) is 4.09. The summed E-state index contributed by atoms with van der Waals surface area (Å²) >= 11 is 0. The monoisotopic (exact) mass is 410 g/mol. The minimum Gasteiger partial charge on any atom is -0.497 e. The summed E-state index contributed by atoms with van der Waals surface area (Å²) in [7, 11) is 1.66. The van der Waals surface area contributed by atoms with Crippen LogP contribution in [0.4, 0.5) is 0 Å². The summed E-state index contributed by atoms with van der Waals surface area (Å²) in [4.78, 5) is 14.9. The third-order valence-corrected chi connectivity index (χ3v) is 5.86. The lowest BCUT2D eigenvalue weighted by Crippen LogP contribution is -2.46. The van der Waals surface area contributed by atoms with Crippen LogP contribution in [0.15, 0.2) is 48.5 Å². The summed E-state index contributed by atoms with van der Waals surface area (Å²) < 4.78 is 17.0. The Morgan fingerprint density at radius 1 is 1.10 bits per heavy atom. The zero-order chi connectivity index (χ0) is 20.8. The van der Waals surface area contributed by atoms with Gasteiger partial charge in [0.2, 0.25) is 5.91 Å². The number of likely N-dealkylation sites (tertiary alicyclic amines) is 1. The van der Waals surface area contributed by atoms with Gasteiger partial charge in [0, 0.05) is 19.0 Å². The van der Waals surface area contributed by atoms with Crippen LogP contribution in [0.5, 0.6) is 17.2 Å². The number of fused-ring (bicyclic) bond motifs is 1. The van der Waals surface area contributed by atoms with Gasteiger partial charge < -0.3 is 19.5 Å². The average Bonchev–Trinajstić information content (AvgIpc) is 2.80. The normalized spacial score (nSPS) is 19.3. The molecule has 0 saturated carbocycles. The molecule has 2 aromatic rings. The first kappa shape index (κ1) is 20.5. The molecular weight excluding hydrogens is 380 g/mol. The van der Waals surface area contributed by atoms with Crippen molar-refractivity contribution in [1.29, 1.82) is 0 Å². The number of nitrogens with one attached hydrogen (secondary N) is 1. The Morgan fingerprint density at radius 2 is 1.83 bits per heavy atom. The lowest BCUT2D eigenvalue weighted by atomic mass is 9.95. The molecule has 0 bridgehead atoms. The molecule has 6 heteroatoms. The van der Waals surface area contributed by atoms with Crippen molar-refractivity contribution in [2.45, 2.75) is 25.4 Å². The molecular formula is C24H30N2O4. The zero-order valence-corrected chi connectivity index (χ0v) is 17.5. The Bertz CT molecular complexity index is 831. The molecule has 1 fully saturated rings. The quantitative estimate of drug-likeness (QED) is 0.761. The van der Waals surface area contributed by atoms with Crippen LogP contribution in [0.1, 0.15) is 18.4 Å². The molecule has 1 saturated heterocycles. The lowest BCUT2D eigenvalue weighted by molar-refractivity contribution is -0.126. The number of nitrogens with zero attached hydrogens (tertiary/aromatic N) is 1. The molecule has 4 rings (SSSR count). The Labute approximate surface area is 178 Å². The van der Waals surface area contributed by atoms with Crippen molar-refractivity contribution in [3.8, 4) is 17.2 Å². The third kappa shape index (κ3) is 5.25. The number of methoxy groups -OCH3 is 1. The van der Waals surface area contributed by atoms with Gasteiger partial charge in [-0.2, -0.15) is 0 Å². The molecule has 2 aliphatic rings. The highest BCUT2D eigenvalue weighted by atomic mass is 16.6. The Balaban J connectivity index is 1.16. The lowest BCUT2D eigenvalue weighted by Gasteiger charge is -2.35. The van der Waals surface area contributed by atoms with E-state index in [4.69, 9.17) is 14.2 Å². The highest BCUT2D eigenvalue weighted by molar-refractivity contribution is 5.78. The van der Waals surface area contributed by atoms with E-state index < -0.39 is 0 Å². The third-order valence-electron chi connectivity index (χ3n) is 5.86. The second-order valence-electron chi connectivity index (χ2n) is 7.96. The number of carbonyl (C=O) groups is 1. The number of hydrogen-bond donors (Lipinski definition) is 1. The molecule has 30 heavy (non-hydrogen) atoms. The smallest absolute Gasteiger partial charge is 0.223 e. The summed E-state index contributed by atoms with van der Waals surface area (Å²) in [5.41, 5.74) is 1.20. The molecule has 1 atom stereocenters. The van der Waals surface area contributed by atoms with E-state index in [-0.39, 0.29) is 17.9 Å². The zero-order valence-electron chi connectivity index (χ0n) is 17.5. The maximum absolute atomic E-state index is 12.5. The van der Waals surface area contributed by atoms with Gasteiger partial charge in [0.05, 0.1) is 7.11 Å². The molecule has 2 aliphatic heterocycles. The number of hydrogen-bond acceptors (Lipinski definition) is 5. The Kier molecular flexibility index (Phi) is 6.74. The van der Waals surface area contributed by atoms with Crippen LogP contribution in [0.3, 0.4) is 0 Å². The van der Waals surface area contributed by atoms with Crippen molar-refractivity contribution in [2.24, 2.45) is 5.92 Å². The number of rotatable bonds is 7. The van der Waals surface area contributed by atoms with Crippen LogP contribution in [0.25, 0.3) is 0 Å². The summed E-state index contributed by atoms with van der Waals surface area (Å²) in [6, 6.07) is 15.8. The van der Waals surface area contributed by atoms with E-state index in [0.717, 1.165) is 56.1 Å². The van der Waals surface area contributed by atoms with Crippen molar-refractivity contribution in [2.75, 3.05) is 39.9 Å². The topological polar surface area (TPSA) is 60.0 Å². The number of para-hydroxylation sites is 2. The largest absolute Gasteiger partial charge is 0.497 e. The predicted octanol–water partition coefficient (Wildman–Crippen LogP) is 2.91.